The van der Waals surface area contributed by atoms with Gasteiger partial charge in [-0.05, 0) is 30.6 Å². The lowest BCUT2D eigenvalue weighted by molar-refractivity contribution is -0.144. The fourth-order valence-corrected chi connectivity index (χ4v) is 3.25. The van der Waals surface area contributed by atoms with Crippen molar-refractivity contribution in [1.82, 2.24) is 5.32 Å². The molecule has 0 aromatic carbocycles. The standard InChI is InChI=1S/C11H19NO2/c1-2-8-3-4-11(5-8)7-12-6-9(11)10(13)14/h8-9,12H,2-7H2,1H3,(H,13,14). The van der Waals surface area contributed by atoms with E-state index in [0.29, 0.717) is 6.54 Å². The zero-order valence-electron chi connectivity index (χ0n) is 8.75. The van der Waals surface area contributed by atoms with Crippen LogP contribution in [0.2, 0.25) is 0 Å². The van der Waals surface area contributed by atoms with Crippen LogP contribution in [0.25, 0.3) is 0 Å². The van der Waals surface area contributed by atoms with Gasteiger partial charge in [-0.1, -0.05) is 13.3 Å². The Bertz CT molecular complexity index is 241. The van der Waals surface area contributed by atoms with Crippen LogP contribution in [0, 0.1) is 17.3 Å². The third-order valence-electron chi connectivity index (χ3n) is 4.19. The Labute approximate surface area is 84.9 Å². The smallest absolute Gasteiger partial charge is 0.308 e. The zero-order valence-corrected chi connectivity index (χ0v) is 8.75. The van der Waals surface area contributed by atoms with Gasteiger partial charge in [0.25, 0.3) is 0 Å². The lowest BCUT2D eigenvalue weighted by atomic mass is 9.76. The van der Waals surface area contributed by atoms with E-state index in [1.807, 2.05) is 0 Å². The van der Waals surface area contributed by atoms with Crippen LogP contribution in [0.5, 0.6) is 0 Å². The zero-order chi connectivity index (χ0) is 10.2. The van der Waals surface area contributed by atoms with Crippen LogP contribution in [0.1, 0.15) is 32.6 Å². The molecule has 1 aliphatic carbocycles. The maximum atomic E-state index is 11.1. The Morgan fingerprint density at radius 2 is 2.43 bits per heavy atom. The Morgan fingerprint density at radius 1 is 1.64 bits per heavy atom. The molecule has 1 spiro atoms. The summed E-state index contributed by atoms with van der Waals surface area (Å²) >= 11 is 0. The fourth-order valence-electron chi connectivity index (χ4n) is 3.25. The van der Waals surface area contributed by atoms with E-state index < -0.39 is 5.97 Å². The van der Waals surface area contributed by atoms with Gasteiger partial charge in [0.1, 0.15) is 0 Å². The monoisotopic (exact) mass is 197 g/mol. The van der Waals surface area contributed by atoms with Crippen molar-refractivity contribution in [3.05, 3.63) is 0 Å². The highest BCUT2D eigenvalue weighted by atomic mass is 16.4. The molecule has 0 amide bonds. The lowest BCUT2D eigenvalue weighted by Gasteiger charge is -2.27. The van der Waals surface area contributed by atoms with Gasteiger partial charge in [-0.2, -0.15) is 0 Å². The molecule has 2 N–H and O–H groups in total. The highest BCUT2D eigenvalue weighted by Crippen LogP contribution is 2.49. The molecule has 1 saturated heterocycles. The molecular weight excluding hydrogens is 178 g/mol. The second-order valence-corrected chi connectivity index (χ2v) is 4.90. The Morgan fingerprint density at radius 3 is 3.00 bits per heavy atom. The molecule has 14 heavy (non-hydrogen) atoms. The minimum absolute atomic E-state index is 0.0898. The highest BCUT2D eigenvalue weighted by Gasteiger charge is 2.50. The molecule has 80 valence electrons. The number of hydrogen-bond acceptors (Lipinski definition) is 2. The van der Waals surface area contributed by atoms with E-state index in [0.717, 1.165) is 25.3 Å². The second kappa shape index (κ2) is 3.54. The van der Waals surface area contributed by atoms with Gasteiger partial charge in [0.05, 0.1) is 5.92 Å². The maximum Gasteiger partial charge on any atom is 0.308 e. The van der Waals surface area contributed by atoms with Crippen molar-refractivity contribution >= 4 is 5.97 Å². The largest absolute Gasteiger partial charge is 0.481 e. The minimum Gasteiger partial charge on any atom is -0.481 e. The summed E-state index contributed by atoms with van der Waals surface area (Å²) in [7, 11) is 0. The number of hydrogen-bond donors (Lipinski definition) is 2. The molecule has 0 radical (unpaired) electrons. The first-order valence-corrected chi connectivity index (χ1v) is 5.61. The SMILES string of the molecule is CCC1CCC2(CNCC2C(=O)O)C1. The van der Waals surface area contributed by atoms with Crippen LogP contribution in [0.15, 0.2) is 0 Å². The van der Waals surface area contributed by atoms with E-state index in [1.165, 1.54) is 12.8 Å². The molecule has 3 nitrogen and oxygen atoms in total. The van der Waals surface area contributed by atoms with Crippen LogP contribution in [-0.4, -0.2) is 24.2 Å². The van der Waals surface area contributed by atoms with Crippen molar-refractivity contribution in [2.75, 3.05) is 13.1 Å². The Balaban J connectivity index is 2.11. The van der Waals surface area contributed by atoms with Crippen LogP contribution in [-0.2, 0) is 4.79 Å². The van der Waals surface area contributed by atoms with Gasteiger partial charge in [0, 0.05) is 13.1 Å². The van der Waals surface area contributed by atoms with Crippen molar-refractivity contribution in [2.45, 2.75) is 32.6 Å². The number of aliphatic carboxylic acids is 1. The minimum atomic E-state index is -0.605. The van der Waals surface area contributed by atoms with Crippen molar-refractivity contribution < 1.29 is 9.90 Å². The van der Waals surface area contributed by atoms with Crippen molar-refractivity contribution in [2.24, 2.45) is 17.3 Å². The first-order valence-electron chi connectivity index (χ1n) is 5.61. The van der Waals surface area contributed by atoms with Gasteiger partial charge in [0.2, 0.25) is 0 Å². The molecule has 3 atom stereocenters. The summed E-state index contributed by atoms with van der Waals surface area (Å²) in [5.41, 5.74) is 0.0898. The highest BCUT2D eigenvalue weighted by molar-refractivity contribution is 5.72. The first kappa shape index (κ1) is 9.97. The molecule has 0 bridgehead atoms. The average molecular weight is 197 g/mol. The summed E-state index contributed by atoms with van der Waals surface area (Å²) < 4.78 is 0. The average Bonchev–Trinajstić information content (AvgIpc) is 2.74. The predicted molar refractivity (Wildman–Crippen MR) is 54.1 cm³/mol. The molecule has 3 heteroatoms. The summed E-state index contributed by atoms with van der Waals surface area (Å²) in [6.07, 6.45) is 4.65. The van der Waals surface area contributed by atoms with E-state index >= 15 is 0 Å². The molecule has 0 aromatic heterocycles. The summed E-state index contributed by atoms with van der Waals surface area (Å²) in [5, 5.41) is 12.4. The first-order chi connectivity index (χ1) is 6.68. The fraction of sp³-hybridized carbons (Fsp3) is 0.909. The van der Waals surface area contributed by atoms with Gasteiger partial charge in [-0.25, -0.2) is 0 Å². The number of carboxylic acid groups (broad SMARTS) is 1. The van der Waals surface area contributed by atoms with Crippen molar-refractivity contribution in [3.8, 4) is 0 Å². The summed E-state index contributed by atoms with van der Waals surface area (Å²) in [6, 6.07) is 0. The predicted octanol–water partition coefficient (Wildman–Crippen LogP) is 1.49. The normalized spacial score (nSPS) is 42.1. The Kier molecular flexibility index (Phi) is 2.52. The molecular formula is C11H19NO2. The van der Waals surface area contributed by atoms with Gasteiger partial charge in [0.15, 0.2) is 0 Å². The third kappa shape index (κ3) is 1.44. The molecule has 0 aromatic rings. The molecule has 2 fully saturated rings. The molecule has 3 unspecified atom stereocenters. The molecule has 1 heterocycles. The van der Waals surface area contributed by atoms with Crippen LogP contribution < -0.4 is 5.32 Å². The number of carboxylic acids is 1. The lowest BCUT2D eigenvalue weighted by Crippen LogP contribution is -2.32. The van der Waals surface area contributed by atoms with Crippen LogP contribution in [0.4, 0.5) is 0 Å². The van der Waals surface area contributed by atoms with Gasteiger partial charge in [-0.15, -0.1) is 0 Å². The quantitative estimate of drug-likeness (QED) is 0.705. The van der Waals surface area contributed by atoms with Gasteiger partial charge in [-0.3, -0.25) is 4.79 Å². The summed E-state index contributed by atoms with van der Waals surface area (Å²) in [6.45, 7) is 3.80. The van der Waals surface area contributed by atoms with Crippen LogP contribution in [0.3, 0.4) is 0 Å². The number of rotatable bonds is 2. The maximum absolute atomic E-state index is 11.1. The molecule has 2 aliphatic rings. The van der Waals surface area contributed by atoms with Crippen LogP contribution >= 0.6 is 0 Å². The van der Waals surface area contributed by atoms with E-state index in [4.69, 9.17) is 5.11 Å². The molecule has 1 saturated carbocycles. The third-order valence-corrected chi connectivity index (χ3v) is 4.19. The number of carbonyl (C=O) groups is 1. The molecule has 2 rings (SSSR count). The topological polar surface area (TPSA) is 49.3 Å². The van der Waals surface area contributed by atoms with Gasteiger partial charge >= 0.3 is 5.97 Å². The summed E-state index contributed by atoms with van der Waals surface area (Å²) in [4.78, 5) is 11.1. The Hall–Kier alpha value is -0.570. The van der Waals surface area contributed by atoms with Gasteiger partial charge < -0.3 is 10.4 Å². The summed E-state index contributed by atoms with van der Waals surface area (Å²) in [5.74, 6) is 0.0163. The van der Waals surface area contributed by atoms with E-state index in [9.17, 15) is 4.79 Å². The molecule has 1 aliphatic heterocycles. The van der Waals surface area contributed by atoms with E-state index in [1.54, 1.807) is 0 Å². The van der Waals surface area contributed by atoms with Crippen molar-refractivity contribution in [3.63, 3.8) is 0 Å². The second-order valence-electron chi connectivity index (χ2n) is 4.90. The van der Waals surface area contributed by atoms with E-state index in [-0.39, 0.29) is 11.3 Å². The van der Waals surface area contributed by atoms with Crippen molar-refractivity contribution in [1.29, 1.82) is 0 Å². The number of nitrogens with one attached hydrogen (secondary N) is 1. The van der Waals surface area contributed by atoms with E-state index in [2.05, 4.69) is 12.2 Å².